The Bertz CT molecular complexity index is 2130. The van der Waals surface area contributed by atoms with Gasteiger partial charge in [-0.25, -0.2) is 0 Å². The zero-order chi connectivity index (χ0) is 28.6. The quantitative estimate of drug-likeness (QED) is 0.231. The highest BCUT2D eigenvalue weighted by Crippen LogP contribution is 2.34. The molecule has 4 nitrogen and oxygen atoms in total. The Morgan fingerprint density at radius 3 is 2.07 bits per heavy atom. The summed E-state index contributed by atoms with van der Waals surface area (Å²) in [5.41, 5.74) is 11.5. The fourth-order valence-electron chi connectivity index (χ4n) is 5.79. The minimum Gasteiger partial charge on any atom is -0.456 e. The molecule has 8 rings (SSSR count). The van der Waals surface area contributed by atoms with Gasteiger partial charge in [-0.05, 0) is 76.4 Å². The summed E-state index contributed by atoms with van der Waals surface area (Å²) in [4.78, 5) is 9.49. The zero-order valence-electron chi connectivity index (χ0n) is 23.3. The first-order valence-electron chi connectivity index (χ1n) is 14.4. The van der Waals surface area contributed by atoms with Crippen molar-refractivity contribution < 1.29 is 4.42 Å². The summed E-state index contributed by atoms with van der Waals surface area (Å²) < 4.78 is 6.11. The number of benzene rings is 4. The predicted octanol–water partition coefficient (Wildman–Crippen LogP) is 9.48. The van der Waals surface area contributed by atoms with Crippen molar-refractivity contribution >= 4 is 33.2 Å². The number of fused-ring (bicyclic) bond motifs is 3. The van der Waals surface area contributed by atoms with E-state index >= 15 is 0 Å². The largest absolute Gasteiger partial charge is 0.456 e. The Morgan fingerprint density at radius 1 is 0.558 bits per heavy atom. The van der Waals surface area contributed by atoms with Crippen LogP contribution in [0.3, 0.4) is 0 Å². The van der Waals surface area contributed by atoms with Gasteiger partial charge in [0.15, 0.2) is 0 Å². The molecule has 0 aliphatic carbocycles. The monoisotopic (exact) mass is 553 g/mol. The molecular formula is C39H27N3O. The SMILES string of the molecule is C1=C(c2ccccc2)C=C(c2ccccn2)NC1c1ccc(-c2ccc(-c3ccc4c(c3)oc3ccccc34)cc2)cn1. The lowest BCUT2D eigenvalue weighted by molar-refractivity contribution is 0.669. The third kappa shape index (κ3) is 4.79. The Hall–Kier alpha value is -5.74. The minimum absolute atomic E-state index is 0.0817. The summed E-state index contributed by atoms with van der Waals surface area (Å²) in [7, 11) is 0. The molecule has 0 saturated carbocycles. The third-order valence-corrected chi connectivity index (χ3v) is 8.04. The molecule has 1 unspecified atom stereocenters. The molecule has 3 aromatic heterocycles. The lowest BCUT2D eigenvalue weighted by Crippen LogP contribution is -2.23. The number of rotatable bonds is 5. The lowest BCUT2D eigenvalue weighted by atomic mass is 9.96. The number of aromatic nitrogens is 2. The Balaban J connectivity index is 1.06. The van der Waals surface area contributed by atoms with Crippen LogP contribution in [0.1, 0.15) is 23.0 Å². The molecule has 1 atom stereocenters. The van der Waals surface area contributed by atoms with Crippen LogP contribution in [0, 0.1) is 0 Å². The van der Waals surface area contributed by atoms with E-state index in [4.69, 9.17) is 9.40 Å². The van der Waals surface area contributed by atoms with E-state index in [0.29, 0.717) is 0 Å². The Morgan fingerprint density at radius 2 is 1.28 bits per heavy atom. The number of furan rings is 1. The highest BCUT2D eigenvalue weighted by molar-refractivity contribution is 6.05. The number of allylic oxidation sites excluding steroid dienone is 2. The number of dihydropyridines is 1. The number of nitrogens with one attached hydrogen (secondary N) is 1. The van der Waals surface area contributed by atoms with Crippen LogP contribution in [0.2, 0.25) is 0 Å². The first kappa shape index (κ1) is 25.0. The van der Waals surface area contributed by atoms with Crippen LogP contribution in [0.15, 0.2) is 156 Å². The first-order valence-corrected chi connectivity index (χ1v) is 14.4. The average Bonchev–Trinajstić information content (AvgIpc) is 3.47. The molecule has 4 aromatic carbocycles. The smallest absolute Gasteiger partial charge is 0.136 e. The molecule has 1 aliphatic rings. The lowest BCUT2D eigenvalue weighted by Gasteiger charge is -2.24. The highest BCUT2D eigenvalue weighted by atomic mass is 16.3. The molecular weight excluding hydrogens is 526 g/mol. The van der Waals surface area contributed by atoms with Gasteiger partial charge in [0.25, 0.3) is 0 Å². The van der Waals surface area contributed by atoms with Crippen molar-refractivity contribution in [1.29, 1.82) is 0 Å². The molecule has 1 N–H and O–H groups in total. The van der Waals surface area contributed by atoms with Crippen LogP contribution in [0.5, 0.6) is 0 Å². The number of hydrogen-bond acceptors (Lipinski definition) is 4. The van der Waals surface area contributed by atoms with Gasteiger partial charge >= 0.3 is 0 Å². The molecule has 204 valence electrons. The summed E-state index contributed by atoms with van der Waals surface area (Å²) >= 11 is 0. The van der Waals surface area contributed by atoms with Crippen LogP contribution >= 0.6 is 0 Å². The van der Waals surface area contributed by atoms with E-state index in [1.165, 1.54) is 5.56 Å². The van der Waals surface area contributed by atoms with E-state index in [1.807, 2.05) is 54.9 Å². The van der Waals surface area contributed by atoms with Crippen LogP contribution in [0.25, 0.3) is 55.5 Å². The topological polar surface area (TPSA) is 51.0 Å². The van der Waals surface area contributed by atoms with Crippen molar-refractivity contribution in [3.63, 3.8) is 0 Å². The van der Waals surface area contributed by atoms with Gasteiger partial charge < -0.3 is 9.73 Å². The van der Waals surface area contributed by atoms with Gasteiger partial charge in [0.2, 0.25) is 0 Å². The van der Waals surface area contributed by atoms with E-state index in [1.54, 1.807) is 0 Å². The van der Waals surface area contributed by atoms with Crippen LogP contribution in [-0.2, 0) is 0 Å². The fraction of sp³-hybridized carbons (Fsp3) is 0.0256. The molecule has 0 saturated heterocycles. The summed E-state index contributed by atoms with van der Waals surface area (Å²) in [6.07, 6.45) is 8.18. The maximum atomic E-state index is 6.11. The van der Waals surface area contributed by atoms with Gasteiger partial charge in [-0.3, -0.25) is 9.97 Å². The van der Waals surface area contributed by atoms with Crippen molar-refractivity contribution in [2.75, 3.05) is 0 Å². The summed E-state index contributed by atoms with van der Waals surface area (Å²) in [5, 5.41) is 5.93. The van der Waals surface area contributed by atoms with Gasteiger partial charge in [0.1, 0.15) is 11.2 Å². The van der Waals surface area contributed by atoms with Gasteiger partial charge in [-0.2, -0.15) is 0 Å². The van der Waals surface area contributed by atoms with Gasteiger partial charge in [-0.15, -0.1) is 0 Å². The third-order valence-electron chi connectivity index (χ3n) is 8.04. The first-order chi connectivity index (χ1) is 21.3. The molecule has 0 radical (unpaired) electrons. The molecule has 4 heteroatoms. The predicted molar refractivity (Wildman–Crippen MR) is 175 cm³/mol. The van der Waals surface area contributed by atoms with E-state index in [0.717, 1.165) is 66.9 Å². The van der Waals surface area contributed by atoms with Crippen LogP contribution < -0.4 is 5.32 Å². The fourth-order valence-corrected chi connectivity index (χ4v) is 5.79. The Kier molecular flexibility index (Phi) is 6.16. The highest BCUT2D eigenvalue weighted by Gasteiger charge is 2.20. The van der Waals surface area contributed by atoms with E-state index in [-0.39, 0.29) is 6.04 Å². The number of pyridine rings is 2. The molecule has 43 heavy (non-hydrogen) atoms. The second-order valence-electron chi connectivity index (χ2n) is 10.7. The normalized spacial score (nSPS) is 14.7. The van der Waals surface area contributed by atoms with E-state index in [9.17, 15) is 0 Å². The standard InChI is InChI=1S/C39H27N3O/c1-2-8-26(9-3-1)31-22-36(34-11-6-7-21-40-34)42-37(23-31)35-20-18-30(25-41-35)28-15-13-27(14-16-28)29-17-19-33-32-10-4-5-12-38(32)43-39(33)24-29/h1-25,37,42H. The van der Waals surface area contributed by atoms with Crippen LogP contribution in [0.4, 0.5) is 0 Å². The summed E-state index contributed by atoms with van der Waals surface area (Å²) in [6, 6.07) is 43.8. The second-order valence-corrected chi connectivity index (χ2v) is 10.7. The van der Waals surface area contributed by atoms with Crippen molar-refractivity contribution in [3.8, 4) is 22.3 Å². The second kappa shape index (κ2) is 10.6. The zero-order valence-corrected chi connectivity index (χ0v) is 23.3. The van der Waals surface area contributed by atoms with Gasteiger partial charge in [-0.1, -0.05) is 91.0 Å². The maximum absolute atomic E-state index is 6.11. The molecule has 0 fully saturated rings. The molecule has 0 amide bonds. The van der Waals surface area contributed by atoms with Crippen molar-refractivity contribution in [2.45, 2.75) is 6.04 Å². The average molecular weight is 554 g/mol. The van der Waals surface area contributed by atoms with Gasteiger partial charge in [0.05, 0.1) is 23.1 Å². The number of hydrogen-bond donors (Lipinski definition) is 1. The van der Waals surface area contributed by atoms with E-state index in [2.05, 4.69) is 107 Å². The van der Waals surface area contributed by atoms with E-state index < -0.39 is 0 Å². The van der Waals surface area contributed by atoms with Crippen molar-refractivity contribution in [3.05, 3.63) is 169 Å². The molecule has 0 spiro atoms. The van der Waals surface area contributed by atoms with Gasteiger partial charge in [0, 0.05) is 28.7 Å². The van der Waals surface area contributed by atoms with Crippen LogP contribution in [-0.4, -0.2) is 9.97 Å². The van der Waals surface area contributed by atoms with Crippen molar-refractivity contribution in [1.82, 2.24) is 15.3 Å². The molecule has 4 heterocycles. The Labute approximate surface area is 249 Å². The summed E-state index contributed by atoms with van der Waals surface area (Å²) in [6.45, 7) is 0. The van der Waals surface area contributed by atoms with Crippen molar-refractivity contribution in [2.24, 2.45) is 0 Å². The molecule has 0 bridgehead atoms. The molecule has 7 aromatic rings. The maximum Gasteiger partial charge on any atom is 0.136 e. The minimum atomic E-state index is -0.0817. The summed E-state index contributed by atoms with van der Waals surface area (Å²) in [5.74, 6) is 0. The molecule has 1 aliphatic heterocycles. The number of para-hydroxylation sites is 1. The number of nitrogens with zero attached hydrogens (tertiary/aromatic N) is 2.